The summed E-state index contributed by atoms with van der Waals surface area (Å²) < 4.78 is 10.8. The van der Waals surface area contributed by atoms with Crippen molar-refractivity contribution < 1.29 is 18.7 Å². The topological polar surface area (TPSA) is 72.6 Å². The number of likely N-dealkylation sites (N-methyl/N-ethyl adjacent to an activating group) is 1. The van der Waals surface area contributed by atoms with Gasteiger partial charge in [0.2, 0.25) is 0 Å². The third-order valence-electron chi connectivity index (χ3n) is 3.88. The lowest BCUT2D eigenvalue weighted by molar-refractivity contribution is -0.156. The minimum atomic E-state index is -0.851. The second-order valence-corrected chi connectivity index (χ2v) is 6.97. The lowest BCUT2D eigenvalue weighted by atomic mass is 10.2. The summed E-state index contributed by atoms with van der Waals surface area (Å²) in [5.41, 5.74) is 2.41. The summed E-state index contributed by atoms with van der Waals surface area (Å²) in [6.45, 7) is 2.03. The molecule has 0 radical (unpaired) electrons. The molecule has 6 nitrogen and oxygen atoms in total. The normalized spacial score (nSPS) is 11.9. The van der Waals surface area contributed by atoms with Gasteiger partial charge in [-0.15, -0.1) is 0 Å². The Hall–Kier alpha value is -2.80. The molecule has 1 atom stereocenters. The molecule has 1 aromatic heterocycles. The Morgan fingerprint density at radius 2 is 1.85 bits per heavy atom. The molecule has 0 saturated heterocycles. The quantitative estimate of drug-likeness (QED) is 0.458. The van der Waals surface area contributed by atoms with E-state index in [4.69, 9.17) is 9.15 Å². The molecule has 0 unspecified atom stereocenters. The number of para-hydroxylation sites is 2. The van der Waals surface area contributed by atoms with Crippen molar-refractivity contribution in [2.24, 2.45) is 0 Å². The summed E-state index contributed by atoms with van der Waals surface area (Å²) in [6, 6.07) is 17.0. The summed E-state index contributed by atoms with van der Waals surface area (Å²) in [4.78, 5) is 30.3. The van der Waals surface area contributed by atoms with Crippen molar-refractivity contribution in [2.45, 2.75) is 24.8 Å². The molecule has 1 heterocycles. The van der Waals surface area contributed by atoms with Gasteiger partial charge in [-0.05, 0) is 24.6 Å². The third-order valence-corrected chi connectivity index (χ3v) is 4.68. The number of aromatic nitrogens is 1. The average Bonchev–Trinajstić information content (AvgIpc) is 3.09. The van der Waals surface area contributed by atoms with E-state index in [0.717, 1.165) is 22.8 Å². The summed E-state index contributed by atoms with van der Waals surface area (Å²) in [6.07, 6.45) is -0.851. The van der Waals surface area contributed by atoms with Crippen LogP contribution in [0.1, 0.15) is 12.5 Å². The van der Waals surface area contributed by atoms with Gasteiger partial charge in [0.15, 0.2) is 11.7 Å². The van der Waals surface area contributed by atoms with E-state index in [1.807, 2.05) is 54.6 Å². The van der Waals surface area contributed by atoms with Crippen molar-refractivity contribution in [1.29, 1.82) is 0 Å². The van der Waals surface area contributed by atoms with Gasteiger partial charge in [0.1, 0.15) is 11.3 Å². The fraction of sp³-hybridized carbons (Fsp3) is 0.250. The monoisotopic (exact) mass is 384 g/mol. The molecule has 0 fully saturated rings. The fourth-order valence-corrected chi connectivity index (χ4v) is 3.18. The molecular formula is C20H20N2O4S. The lowest BCUT2D eigenvalue weighted by Gasteiger charge is -2.21. The number of hydrogen-bond donors (Lipinski definition) is 0. The number of esters is 1. The Morgan fingerprint density at radius 3 is 2.59 bits per heavy atom. The molecule has 2 aromatic carbocycles. The second kappa shape index (κ2) is 8.73. The van der Waals surface area contributed by atoms with Crippen LogP contribution in [0.5, 0.6) is 0 Å². The first-order chi connectivity index (χ1) is 13.0. The van der Waals surface area contributed by atoms with Crippen LogP contribution in [0, 0.1) is 0 Å². The van der Waals surface area contributed by atoms with E-state index in [1.165, 1.54) is 0 Å². The predicted molar refractivity (Wildman–Crippen MR) is 103 cm³/mol. The van der Waals surface area contributed by atoms with Crippen LogP contribution in [0.2, 0.25) is 0 Å². The van der Waals surface area contributed by atoms with Crippen LogP contribution < -0.4 is 0 Å². The highest BCUT2D eigenvalue weighted by molar-refractivity contribution is 7.99. The highest BCUT2D eigenvalue weighted by atomic mass is 32.2. The van der Waals surface area contributed by atoms with Gasteiger partial charge < -0.3 is 14.1 Å². The molecule has 0 bridgehead atoms. The van der Waals surface area contributed by atoms with E-state index in [2.05, 4.69) is 4.98 Å². The molecule has 0 aliphatic carbocycles. The number of nitrogens with zero attached hydrogens (tertiary/aromatic N) is 2. The van der Waals surface area contributed by atoms with Crippen LogP contribution in [-0.4, -0.2) is 40.7 Å². The van der Waals surface area contributed by atoms with E-state index in [9.17, 15) is 9.59 Å². The van der Waals surface area contributed by atoms with Gasteiger partial charge in [0.05, 0.1) is 0 Å². The molecule has 3 rings (SSSR count). The van der Waals surface area contributed by atoms with E-state index in [-0.39, 0.29) is 11.7 Å². The maximum absolute atomic E-state index is 12.4. The largest absolute Gasteiger partial charge is 0.452 e. The first-order valence-corrected chi connectivity index (χ1v) is 9.48. The smallest absolute Gasteiger partial charge is 0.317 e. The second-order valence-electron chi connectivity index (χ2n) is 6.05. The van der Waals surface area contributed by atoms with E-state index >= 15 is 0 Å². The van der Waals surface area contributed by atoms with Gasteiger partial charge in [-0.1, -0.05) is 54.2 Å². The van der Waals surface area contributed by atoms with Gasteiger partial charge >= 0.3 is 5.97 Å². The van der Waals surface area contributed by atoms with Crippen LogP contribution in [-0.2, 0) is 20.9 Å². The van der Waals surface area contributed by atoms with E-state index in [0.29, 0.717) is 17.4 Å². The summed E-state index contributed by atoms with van der Waals surface area (Å²) in [7, 11) is 1.69. The highest BCUT2D eigenvalue weighted by Gasteiger charge is 2.22. The van der Waals surface area contributed by atoms with Crippen molar-refractivity contribution in [1.82, 2.24) is 9.88 Å². The summed E-state index contributed by atoms with van der Waals surface area (Å²) >= 11 is 1.14. The maximum Gasteiger partial charge on any atom is 0.317 e. The van der Waals surface area contributed by atoms with Gasteiger partial charge in [0.25, 0.3) is 11.1 Å². The third kappa shape index (κ3) is 5.10. The standard InChI is InChI=1S/C20H20N2O4S/c1-14(19(24)22(2)12-15-8-4-3-5-9-15)25-18(23)13-27-20-21-16-10-6-7-11-17(16)26-20/h3-11,14H,12-13H2,1-2H3/t14-/m0/s1. The predicted octanol–water partition coefficient (Wildman–Crippen LogP) is 3.51. The lowest BCUT2D eigenvalue weighted by Crippen LogP contribution is -2.37. The average molecular weight is 384 g/mol. The molecule has 0 spiro atoms. The Balaban J connectivity index is 1.48. The van der Waals surface area contributed by atoms with Gasteiger partial charge in [-0.2, -0.15) is 0 Å². The minimum absolute atomic E-state index is 0.0207. The summed E-state index contributed by atoms with van der Waals surface area (Å²) in [5, 5.41) is 0.397. The van der Waals surface area contributed by atoms with Gasteiger partial charge in [-0.3, -0.25) is 9.59 Å². The van der Waals surface area contributed by atoms with Crippen molar-refractivity contribution in [3.8, 4) is 0 Å². The molecule has 0 aliphatic rings. The molecule has 3 aromatic rings. The number of thioether (sulfide) groups is 1. The van der Waals surface area contributed by atoms with Gasteiger partial charge in [-0.25, -0.2) is 4.98 Å². The zero-order valence-corrected chi connectivity index (χ0v) is 15.9. The number of ether oxygens (including phenoxy) is 1. The van der Waals surface area contributed by atoms with Crippen molar-refractivity contribution in [3.05, 3.63) is 60.2 Å². The molecule has 0 N–H and O–H groups in total. The molecular weight excluding hydrogens is 364 g/mol. The number of hydrogen-bond acceptors (Lipinski definition) is 6. The molecule has 140 valence electrons. The maximum atomic E-state index is 12.4. The van der Waals surface area contributed by atoms with Crippen LogP contribution in [0.3, 0.4) is 0 Å². The number of carbonyl (C=O) groups excluding carboxylic acids is 2. The molecule has 0 aliphatic heterocycles. The van der Waals surface area contributed by atoms with Crippen LogP contribution in [0.15, 0.2) is 64.2 Å². The SMILES string of the molecule is C[C@H](OC(=O)CSc1nc2ccccc2o1)C(=O)N(C)Cc1ccccc1. The number of fused-ring (bicyclic) bond motifs is 1. The number of oxazole rings is 1. The summed E-state index contributed by atoms with van der Waals surface area (Å²) in [5.74, 6) is -0.720. The number of benzene rings is 2. The molecule has 0 saturated carbocycles. The zero-order valence-electron chi connectivity index (χ0n) is 15.1. The Kier molecular flexibility index (Phi) is 6.13. The van der Waals surface area contributed by atoms with E-state index in [1.54, 1.807) is 18.9 Å². The van der Waals surface area contributed by atoms with Crippen LogP contribution >= 0.6 is 11.8 Å². The van der Waals surface area contributed by atoms with Gasteiger partial charge in [0, 0.05) is 13.6 Å². The van der Waals surface area contributed by atoms with Crippen molar-refractivity contribution >= 4 is 34.7 Å². The molecule has 1 amide bonds. The Morgan fingerprint density at radius 1 is 1.15 bits per heavy atom. The zero-order chi connectivity index (χ0) is 19.2. The number of carbonyl (C=O) groups is 2. The first-order valence-electron chi connectivity index (χ1n) is 8.49. The molecule has 7 heteroatoms. The fourth-order valence-electron chi connectivity index (χ4n) is 2.56. The number of rotatable bonds is 7. The van der Waals surface area contributed by atoms with Crippen LogP contribution in [0.4, 0.5) is 0 Å². The van der Waals surface area contributed by atoms with Crippen molar-refractivity contribution in [2.75, 3.05) is 12.8 Å². The Labute approximate surface area is 161 Å². The first kappa shape index (κ1) is 19.0. The minimum Gasteiger partial charge on any atom is -0.452 e. The van der Waals surface area contributed by atoms with Crippen LogP contribution in [0.25, 0.3) is 11.1 Å². The highest BCUT2D eigenvalue weighted by Crippen LogP contribution is 2.23. The molecule has 27 heavy (non-hydrogen) atoms. The number of amides is 1. The van der Waals surface area contributed by atoms with Crippen molar-refractivity contribution in [3.63, 3.8) is 0 Å². The Bertz CT molecular complexity index is 893. The van der Waals surface area contributed by atoms with E-state index < -0.39 is 12.1 Å².